The van der Waals surface area contributed by atoms with Crippen LogP contribution in [0.5, 0.6) is 17.2 Å². The van der Waals surface area contributed by atoms with Gasteiger partial charge in [0.1, 0.15) is 16.5 Å². The van der Waals surface area contributed by atoms with Gasteiger partial charge >= 0.3 is 6.07 Å². The first kappa shape index (κ1) is 12.3. The van der Waals surface area contributed by atoms with Crippen molar-refractivity contribution in [3.8, 4) is 23.3 Å². The Labute approximate surface area is 97.9 Å². The van der Waals surface area contributed by atoms with E-state index in [2.05, 4.69) is 11.1 Å². The molecule has 0 saturated carbocycles. The maximum atomic E-state index is 10.2. The molecule has 16 heavy (non-hydrogen) atoms. The zero-order chi connectivity index (χ0) is 12.1. The van der Waals surface area contributed by atoms with Gasteiger partial charge < -0.3 is 19.4 Å². The van der Waals surface area contributed by atoms with E-state index in [0.29, 0.717) is 11.5 Å². The van der Waals surface area contributed by atoms with E-state index in [1.807, 2.05) is 0 Å². The molecule has 0 aliphatic rings. The summed E-state index contributed by atoms with van der Waals surface area (Å²) >= 11 is 5.99. The van der Waals surface area contributed by atoms with Gasteiger partial charge in [-0.15, -0.1) is 0 Å². The van der Waals surface area contributed by atoms with Crippen molar-refractivity contribution in [2.45, 2.75) is 0 Å². The average molecular weight is 244 g/mol. The van der Waals surface area contributed by atoms with Gasteiger partial charge in [0.25, 0.3) is 0 Å². The van der Waals surface area contributed by atoms with E-state index in [0.717, 1.165) is 0 Å². The van der Waals surface area contributed by atoms with Gasteiger partial charge in [0.15, 0.2) is 11.3 Å². The molecule has 0 amide bonds. The van der Waals surface area contributed by atoms with Crippen LogP contribution in [0.15, 0.2) is 6.07 Å². The van der Waals surface area contributed by atoms with Gasteiger partial charge in [-0.3, -0.25) is 0 Å². The van der Waals surface area contributed by atoms with Crippen LogP contribution >= 0.6 is 11.6 Å². The van der Waals surface area contributed by atoms with Crippen molar-refractivity contribution in [2.75, 3.05) is 21.3 Å². The lowest BCUT2D eigenvalue weighted by atomic mass is 10.2. The van der Waals surface area contributed by atoms with E-state index in [9.17, 15) is 5.21 Å². The molecule has 0 aromatic heterocycles. The summed E-state index contributed by atoms with van der Waals surface area (Å²) in [5.74, 6) is 0.960. The van der Waals surface area contributed by atoms with Crippen LogP contribution in [0, 0.1) is 11.3 Å². The number of ether oxygens (including phenoxy) is 3. The maximum Gasteiger partial charge on any atom is 0.344 e. The molecule has 86 valence electrons. The molecule has 0 radical (unpaired) electrons. The smallest absolute Gasteiger partial charge is 0.344 e. The molecular weight excluding hydrogens is 234 g/mol. The lowest BCUT2D eigenvalue weighted by molar-refractivity contribution is 0.374. The fraction of sp³-hybridized carbons (Fsp3) is 0.300. The number of rotatable bonds is 3. The quantitative estimate of drug-likeness (QED) is 0.766. The number of nitrogens with zero attached hydrogens (tertiary/aromatic N) is 1. The highest BCUT2D eigenvalue weighted by molar-refractivity contribution is 6.33. The molecule has 1 aromatic carbocycles. The number of halogens is 1. The standard InChI is InChI=1S/C10H10ClNO4/c1-14-7-4-8(15-2)9(11)10(16-3)6(7)5-12-13/h4H,1-3H3. The van der Waals surface area contributed by atoms with E-state index >= 15 is 0 Å². The first-order chi connectivity index (χ1) is 7.69. The topological polar surface area (TPSA) is 55.1 Å². The van der Waals surface area contributed by atoms with Crippen LogP contribution in [-0.4, -0.2) is 21.3 Å². The molecule has 1 rings (SSSR count). The second-order valence-corrected chi connectivity index (χ2v) is 3.08. The van der Waals surface area contributed by atoms with Crippen molar-refractivity contribution >= 4 is 11.6 Å². The van der Waals surface area contributed by atoms with Crippen molar-refractivity contribution in [3.05, 3.63) is 26.9 Å². The lowest BCUT2D eigenvalue weighted by Gasteiger charge is -2.11. The minimum absolute atomic E-state index is 0.233. The van der Waals surface area contributed by atoms with Gasteiger partial charge in [-0.2, -0.15) is 0 Å². The molecule has 0 N–H and O–H groups in total. The second kappa shape index (κ2) is 5.33. The van der Waals surface area contributed by atoms with Crippen molar-refractivity contribution in [1.82, 2.24) is 0 Å². The third-order valence-corrected chi connectivity index (χ3v) is 2.31. The molecule has 0 saturated heterocycles. The highest BCUT2D eigenvalue weighted by Gasteiger charge is 2.21. The zero-order valence-corrected chi connectivity index (χ0v) is 9.79. The molecule has 0 spiro atoms. The molecule has 0 unspecified atom stereocenters. The van der Waals surface area contributed by atoms with Gasteiger partial charge in [-0.05, 0) is 0 Å². The summed E-state index contributed by atoms with van der Waals surface area (Å²) in [5.41, 5.74) is 0.255. The Balaban J connectivity index is 3.54. The summed E-state index contributed by atoms with van der Waals surface area (Å²) in [6.45, 7) is 0. The Morgan fingerprint density at radius 3 is 2.25 bits per heavy atom. The van der Waals surface area contributed by atoms with Crippen LogP contribution in [0.25, 0.3) is 5.01 Å². The van der Waals surface area contributed by atoms with Crippen molar-refractivity contribution in [2.24, 2.45) is 0 Å². The largest absolute Gasteiger partial charge is 0.498 e. The summed E-state index contributed by atoms with van der Waals surface area (Å²) < 4.78 is 15.2. The highest BCUT2D eigenvalue weighted by atomic mass is 35.5. The summed E-state index contributed by atoms with van der Waals surface area (Å²) in [6.07, 6.45) is 0. The van der Waals surface area contributed by atoms with Crippen LogP contribution in [0.3, 0.4) is 0 Å². The molecular formula is C10H10ClNO4. The van der Waals surface area contributed by atoms with Crippen molar-refractivity contribution in [1.29, 1.82) is 0 Å². The molecule has 0 bridgehead atoms. The minimum Gasteiger partial charge on any atom is -0.498 e. The van der Waals surface area contributed by atoms with Crippen LogP contribution in [0.2, 0.25) is 5.02 Å². The highest BCUT2D eigenvalue weighted by Crippen LogP contribution is 2.42. The predicted octanol–water partition coefficient (Wildman–Crippen LogP) is 2.54. The van der Waals surface area contributed by atoms with Crippen LogP contribution in [-0.2, 0) is 0 Å². The molecule has 5 nitrogen and oxygen atoms in total. The second-order valence-electron chi connectivity index (χ2n) is 2.71. The first-order valence-electron chi connectivity index (χ1n) is 4.26. The van der Waals surface area contributed by atoms with E-state index in [1.165, 1.54) is 27.4 Å². The van der Waals surface area contributed by atoms with Gasteiger partial charge in [-0.1, -0.05) is 11.6 Å². The third-order valence-electron chi connectivity index (χ3n) is 1.95. The van der Waals surface area contributed by atoms with Crippen molar-refractivity contribution < 1.29 is 14.2 Å². The summed E-state index contributed by atoms with van der Waals surface area (Å²) in [6, 6.07) is 3.74. The minimum atomic E-state index is 0.233. The van der Waals surface area contributed by atoms with E-state index < -0.39 is 0 Å². The Bertz CT molecular complexity index is 450. The molecule has 0 fully saturated rings. The average Bonchev–Trinajstić information content (AvgIpc) is 2.30. The van der Waals surface area contributed by atoms with Crippen LogP contribution < -0.4 is 14.2 Å². The predicted molar refractivity (Wildman–Crippen MR) is 60.8 cm³/mol. The summed E-state index contributed by atoms with van der Waals surface area (Å²) in [7, 11) is 4.32. The van der Waals surface area contributed by atoms with Gasteiger partial charge in [0, 0.05) is 11.1 Å². The molecule has 0 aliphatic heterocycles. The maximum absolute atomic E-state index is 10.2. The molecule has 0 aliphatic carbocycles. The third kappa shape index (κ3) is 2.07. The van der Waals surface area contributed by atoms with Gasteiger partial charge in [0.05, 0.1) is 21.3 Å². The Morgan fingerprint density at radius 2 is 1.81 bits per heavy atom. The van der Waals surface area contributed by atoms with Crippen LogP contribution in [0.4, 0.5) is 0 Å². The van der Waals surface area contributed by atoms with Crippen molar-refractivity contribution in [3.63, 3.8) is 0 Å². The monoisotopic (exact) mass is 243 g/mol. The molecule has 0 atom stereocenters. The Morgan fingerprint density at radius 1 is 1.19 bits per heavy atom. The van der Waals surface area contributed by atoms with Gasteiger partial charge in [-0.25, -0.2) is 0 Å². The fourth-order valence-corrected chi connectivity index (χ4v) is 1.54. The van der Waals surface area contributed by atoms with E-state index in [-0.39, 0.29) is 16.3 Å². The molecule has 1 aromatic rings. The Kier molecular flexibility index (Phi) is 4.09. The zero-order valence-electron chi connectivity index (χ0n) is 9.04. The molecule has 6 heteroatoms. The fourth-order valence-electron chi connectivity index (χ4n) is 1.24. The Hall–Kier alpha value is -1.80. The normalized spacial score (nSPS) is 9.00. The summed E-state index contributed by atoms with van der Waals surface area (Å²) in [5, 5.41) is 13.0. The number of benzene rings is 1. The summed E-state index contributed by atoms with van der Waals surface area (Å²) in [4.78, 5) is 0. The number of methoxy groups -OCH3 is 3. The number of hydrogen-bond donors (Lipinski definition) is 0. The van der Waals surface area contributed by atoms with Gasteiger partial charge in [0.2, 0.25) is 0 Å². The first-order valence-corrected chi connectivity index (χ1v) is 4.64. The van der Waals surface area contributed by atoms with E-state index in [4.69, 9.17) is 25.8 Å². The lowest BCUT2D eigenvalue weighted by Crippen LogP contribution is -1.96. The van der Waals surface area contributed by atoms with Crippen LogP contribution in [0.1, 0.15) is 5.56 Å². The molecule has 0 heterocycles. The SMILES string of the molecule is COc1cc(OC)c(C#[N+][O-])c(OC)c1Cl. The van der Waals surface area contributed by atoms with E-state index in [1.54, 1.807) is 0 Å². The number of hydrogen-bond acceptors (Lipinski definition) is 4.